The minimum atomic E-state index is -2.67. The SMILES string of the molecule is COCC1(CCC=CC(C)(F)F)CCC1. The van der Waals surface area contributed by atoms with E-state index in [9.17, 15) is 8.78 Å². The highest BCUT2D eigenvalue weighted by atomic mass is 19.3. The molecule has 1 aliphatic rings. The molecule has 3 heteroatoms. The third kappa shape index (κ3) is 4.29. The quantitative estimate of drug-likeness (QED) is 0.616. The molecule has 0 spiro atoms. The van der Waals surface area contributed by atoms with E-state index in [0.717, 1.165) is 32.4 Å². The van der Waals surface area contributed by atoms with Crippen molar-refractivity contribution >= 4 is 0 Å². The van der Waals surface area contributed by atoms with Gasteiger partial charge in [0.05, 0.1) is 6.61 Å². The number of alkyl halides is 2. The smallest absolute Gasteiger partial charge is 0.263 e. The third-order valence-electron chi connectivity index (χ3n) is 3.12. The third-order valence-corrected chi connectivity index (χ3v) is 3.12. The van der Waals surface area contributed by atoms with Gasteiger partial charge in [-0.15, -0.1) is 0 Å². The van der Waals surface area contributed by atoms with Crippen LogP contribution >= 0.6 is 0 Å². The van der Waals surface area contributed by atoms with Crippen LogP contribution in [0.1, 0.15) is 39.0 Å². The molecule has 0 unspecified atom stereocenters. The Labute approximate surface area is 90.5 Å². The van der Waals surface area contributed by atoms with Crippen molar-refractivity contribution in [2.24, 2.45) is 5.41 Å². The molecular weight excluding hydrogens is 198 g/mol. The molecule has 1 fully saturated rings. The summed E-state index contributed by atoms with van der Waals surface area (Å²) in [6.07, 6.45) is 7.88. The molecule has 0 aromatic rings. The Hall–Kier alpha value is -0.440. The van der Waals surface area contributed by atoms with Gasteiger partial charge in [0.1, 0.15) is 0 Å². The predicted octanol–water partition coefficient (Wildman–Crippen LogP) is 3.79. The van der Waals surface area contributed by atoms with Gasteiger partial charge in [-0.3, -0.25) is 0 Å². The van der Waals surface area contributed by atoms with Crippen LogP contribution in [0, 0.1) is 5.41 Å². The van der Waals surface area contributed by atoms with Crippen molar-refractivity contribution in [3.05, 3.63) is 12.2 Å². The fraction of sp³-hybridized carbons (Fsp3) is 0.833. The molecule has 88 valence electrons. The molecule has 0 atom stereocenters. The topological polar surface area (TPSA) is 9.23 Å². The maximum atomic E-state index is 12.5. The number of hydrogen-bond acceptors (Lipinski definition) is 1. The first-order valence-electron chi connectivity index (χ1n) is 5.52. The summed E-state index contributed by atoms with van der Waals surface area (Å²) in [4.78, 5) is 0. The molecule has 0 aliphatic heterocycles. The summed E-state index contributed by atoms with van der Waals surface area (Å²) in [6.45, 7) is 1.68. The first kappa shape index (κ1) is 12.6. The highest BCUT2D eigenvalue weighted by Crippen LogP contribution is 2.45. The number of hydrogen-bond donors (Lipinski definition) is 0. The van der Waals surface area contributed by atoms with Gasteiger partial charge in [-0.1, -0.05) is 12.5 Å². The van der Waals surface area contributed by atoms with Crippen molar-refractivity contribution in [1.82, 2.24) is 0 Å². The van der Waals surface area contributed by atoms with Crippen molar-refractivity contribution in [3.8, 4) is 0 Å². The summed E-state index contributed by atoms with van der Waals surface area (Å²) in [6, 6.07) is 0. The summed E-state index contributed by atoms with van der Waals surface area (Å²) >= 11 is 0. The van der Waals surface area contributed by atoms with E-state index in [1.807, 2.05) is 0 Å². The first-order valence-corrected chi connectivity index (χ1v) is 5.52. The minimum absolute atomic E-state index is 0.280. The van der Waals surface area contributed by atoms with Gasteiger partial charge >= 0.3 is 0 Å². The molecule has 15 heavy (non-hydrogen) atoms. The summed E-state index contributed by atoms with van der Waals surface area (Å²) in [5.74, 6) is -2.67. The second kappa shape index (κ2) is 5.06. The fourth-order valence-corrected chi connectivity index (χ4v) is 2.13. The lowest BCUT2D eigenvalue weighted by molar-refractivity contribution is 0.0110. The number of rotatable bonds is 6. The minimum Gasteiger partial charge on any atom is -0.384 e. The average molecular weight is 218 g/mol. The van der Waals surface area contributed by atoms with E-state index in [4.69, 9.17) is 4.74 Å². The van der Waals surface area contributed by atoms with Gasteiger partial charge in [0.25, 0.3) is 5.92 Å². The molecule has 0 aromatic heterocycles. The van der Waals surface area contributed by atoms with Crippen molar-refractivity contribution in [2.45, 2.75) is 45.0 Å². The van der Waals surface area contributed by atoms with E-state index in [1.54, 1.807) is 13.2 Å². The number of ether oxygens (including phenoxy) is 1. The van der Waals surface area contributed by atoms with Gasteiger partial charge in [0, 0.05) is 14.0 Å². The molecule has 1 nitrogen and oxygen atoms in total. The van der Waals surface area contributed by atoms with Crippen LogP contribution in [0.5, 0.6) is 0 Å². The first-order chi connectivity index (χ1) is 6.97. The Bertz CT molecular complexity index is 214. The summed E-state index contributed by atoms with van der Waals surface area (Å²) in [5, 5.41) is 0. The lowest BCUT2D eigenvalue weighted by atomic mass is 9.66. The van der Waals surface area contributed by atoms with Crippen LogP contribution in [0.3, 0.4) is 0 Å². The maximum Gasteiger partial charge on any atom is 0.263 e. The van der Waals surface area contributed by atoms with Gasteiger partial charge < -0.3 is 4.74 Å². The molecule has 1 aliphatic carbocycles. The Morgan fingerprint density at radius 1 is 1.40 bits per heavy atom. The maximum absolute atomic E-state index is 12.5. The highest BCUT2D eigenvalue weighted by Gasteiger charge is 2.35. The Morgan fingerprint density at radius 2 is 2.07 bits per heavy atom. The monoisotopic (exact) mass is 218 g/mol. The van der Waals surface area contributed by atoms with E-state index in [2.05, 4.69) is 0 Å². The van der Waals surface area contributed by atoms with E-state index in [-0.39, 0.29) is 5.41 Å². The Kier molecular flexibility index (Phi) is 4.26. The molecule has 1 saturated carbocycles. The van der Waals surface area contributed by atoms with E-state index < -0.39 is 5.92 Å². The molecule has 0 aromatic carbocycles. The van der Waals surface area contributed by atoms with Crippen LogP contribution in [0.25, 0.3) is 0 Å². The summed E-state index contributed by atoms with van der Waals surface area (Å²) in [5.41, 5.74) is 0.280. The van der Waals surface area contributed by atoms with E-state index >= 15 is 0 Å². The largest absolute Gasteiger partial charge is 0.384 e. The molecule has 0 saturated heterocycles. The van der Waals surface area contributed by atoms with Crippen LogP contribution < -0.4 is 0 Å². The van der Waals surface area contributed by atoms with Gasteiger partial charge in [-0.25, -0.2) is 8.78 Å². The van der Waals surface area contributed by atoms with Gasteiger partial charge in [0.15, 0.2) is 0 Å². The van der Waals surface area contributed by atoms with Gasteiger partial charge in [0.2, 0.25) is 0 Å². The zero-order valence-electron chi connectivity index (χ0n) is 9.56. The second-order valence-electron chi connectivity index (χ2n) is 4.68. The normalized spacial score (nSPS) is 20.5. The van der Waals surface area contributed by atoms with Gasteiger partial charge in [-0.05, 0) is 37.2 Å². The fourth-order valence-electron chi connectivity index (χ4n) is 2.13. The molecule has 1 rings (SSSR count). The molecule has 0 heterocycles. The molecule has 0 radical (unpaired) electrons. The lowest BCUT2D eigenvalue weighted by Crippen LogP contribution is -2.33. The number of methoxy groups -OCH3 is 1. The molecule has 0 bridgehead atoms. The zero-order chi connectivity index (χ0) is 11.4. The Balaban J connectivity index is 2.26. The number of halogens is 2. The zero-order valence-corrected chi connectivity index (χ0v) is 9.56. The van der Waals surface area contributed by atoms with Crippen LogP contribution in [-0.4, -0.2) is 19.6 Å². The predicted molar refractivity (Wildman–Crippen MR) is 57.2 cm³/mol. The summed E-state index contributed by atoms with van der Waals surface area (Å²) in [7, 11) is 1.70. The second-order valence-corrected chi connectivity index (χ2v) is 4.68. The molecule has 0 N–H and O–H groups in total. The number of allylic oxidation sites excluding steroid dienone is 2. The van der Waals surface area contributed by atoms with Crippen molar-refractivity contribution < 1.29 is 13.5 Å². The summed E-state index contributed by atoms with van der Waals surface area (Å²) < 4.78 is 30.1. The molecule has 0 amide bonds. The Morgan fingerprint density at radius 3 is 2.47 bits per heavy atom. The van der Waals surface area contributed by atoms with Gasteiger partial charge in [-0.2, -0.15) is 0 Å². The van der Waals surface area contributed by atoms with Crippen molar-refractivity contribution in [1.29, 1.82) is 0 Å². The van der Waals surface area contributed by atoms with E-state index in [0.29, 0.717) is 0 Å². The van der Waals surface area contributed by atoms with E-state index in [1.165, 1.54) is 19.3 Å². The van der Waals surface area contributed by atoms with Crippen molar-refractivity contribution in [2.75, 3.05) is 13.7 Å². The van der Waals surface area contributed by atoms with Crippen LogP contribution in [0.15, 0.2) is 12.2 Å². The van der Waals surface area contributed by atoms with Crippen LogP contribution in [0.2, 0.25) is 0 Å². The van der Waals surface area contributed by atoms with Crippen LogP contribution in [-0.2, 0) is 4.74 Å². The average Bonchev–Trinajstić information content (AvgIpc) is 2.06. The van der Waals surface area contributed by atoms with Crippen molar-refractivity contribution in [3.63, 3.8) is 0 Å². The standard InChI is InChI=1S/C12H20F2O/c1-11(13,14)6-3-4-7-12(10-15-2)8-5-9-12/h3,6H,4-5,7-10H2,1-2H3. The molecular formula is C12H20F2O. The highest BCUT2D eigenvalue weighted by molar-refractivity contribution is 4.95. The lowest BCUT2D eigenvalue weighted by Gasteiger charge is -2.41. The van der Waals surface area contributed by atoms with Crippen LogP contribution in [0.4, 0.5) is 8.78 Å².